The van der Waals surface area contributed by atoms with Crippen LogP contribution in [-0.4, -0.2) is 44.4 Å². The van der Waals surface area contributed by atoms with E-state index in [0.717, 1.165) is 6.07 Å². The van der Waals surface area contributed by atoms with Crippen molar-refractivity contribution in [2.45, 2.75) is 18.6 Å². The summed E-state index contributed by atoms with van der Waals surface area (Å²) < 4.78 is 49.9. The van der Waals surface area contributed by atoms with Crippen LogP contribution < -0.4 is 4.90 Å². The maximum absolute atomic E-state index is 13.3. The van der Waals surface area contributed by atoms with Gasteiger partial charge in [0.05, 0.1) is 36.9 Å². The number of rotatable bonds is 6. The highest BCUT2D eigenvalue weighted by Gasteiger charge is 2.40. The lowest BCUT2D eigenvalue weighted by Crippen LogP contribution is -2.40. The Balaban J connectivity index is 2.02. The van der Waals surface area contributed by atoms with Gasteiger partial charge in [-0.25, -0.2) is 4.98 Å². The Morgan fingerprint density at radius 1 is 1.23 bits per heavy atom. The number of nitroso groups, excluding NO2 is 1. The minimum Gasteiger partial charge on any atom is -0.469 e. The lowest BCUT2D eigenvalue weighted by atomic mass is 10.0. The molecule has 0 radical (unpaired) electrons. The van der Waals surface area contributed by atoms with Crippen LogP contribution in [0.1, 0.15) is 12.0 Å². The summed E-state index contributed by atoms with van der Waals surface area (Å²) >= 11 is 0. The number of pyridine rings is 1. The van der Waals surface area contributed by atoms with Crippen LogP contribution in [0.15, 0.2) is 41.6 Å². The number of methoxy groups -OCH3 is 2. The van der Waals surface area contributed by atoms with Gasteiger partial charge in [0.2, 0.25) is 0 Å². The molecule has 0 spiro atoms. The normalized spacial score (nSPS) is 19.0. The van der Waals surface area contributed by atoms with Crippen LogP contribution >= 0.6 is 0 Å². The van der Waals surface area contributed by atoms with Gasteiger partial charge in [-0.3, -0.25) is 4.79 Å². The Morgan fingerprint density at radius 3 is 2.60 bits per heavy atom. The highest BCUT2D eigenvalue weighted by atomic mass is 19.4. The molecule has 3 rings (SSSR count). The Hall–Kier alpha value is -3.01. The van der Waals surface area contributed by atoms with Crippen molar-refractivity contribution in [3.05, 3.63) is 46.9 Å². The average molecular weight is 423 g/mol. The van der Waals surface area contributed by atoms with Crippen molar-refractivity contribution in [2.75, 3.05) is 32.3 Å². The smallest absolute Gasteiger partial charge is 0.418 e. The molecule has 0 N–H and O–H groups in total. The molecule has 1 saturated heterocycles. The van der Waals surface area contributed by atoms with E-state index >= 15 is 0 Å². The average Bonchev–Trinajstić information content (AvgIpc) is 3.16. The van der Waals surface area contributed by atoms with E-state index in [2.05, 4.69) is 10.2 Å². The summed E-state index contributed by atoms with van der Waals surface area (Å²) in [4.78, 5) is 29.7. The van der Waals surface area contributed by atoms with Gasteiger partial charge in [-0.1, -0.05) is 18.2 Å². The third-order valence-corrected chi connectivity index (χ3v) is 5.12. The molecule has 1 aliphatic heterocycles. The molecule has 160 valence electrons. The molecular weight excluding hydrogens is 403 g/mol. The summed E-state index contributed by atoms with van der Waals surface area (Å²) in [5, 5.41) is 2.63. The first kappa shape index (κ1) is 21.7. The van der Waals surface area contributed by atoms with Gasteiger partial charge in [0.1, 0.15) is 11.5 Å². The van der Waals surface area contributed by atoms with E-state index in [1.54, 1.807) is 12.1 Å². The van der Waals surface area contributed by atoms with Crippen molar-refractivity contribution < 1.29 is 27.4 Å². The van der Waals surface area contributed by atoms with Crippen molar-refractivity contribution in [1.82, 2.24) is 4.98 Å². The van der Waals surface area contributed by atoms with E-state index in [1.807, 2.05) is 4.90 Å². The fourth-order valence-corrected chi connectivity index (χ4v) is 3.75. The zero-order valence-corrected chi connectivity index (χ0v) is 16.3. The summed E-state index contributed by atoms with van der Waals surface area (Å²) in [5.41, 5.74) is -1.68. The molecule has 1 aliphatic rings. The van der Waals surface area contributed by atoms with E-state index in [-0.39, 0.29) is 29.9 Å². The number of halogens is 3. The number of benzene rings is 1. The van der Waals surface area contributed by atoms with Crippen LogP contribution in [0.2, 0.25) is 0 Å². The van der Waals surface area contributed by atoms with Gasteiger partial charge in [-0.2, -0.15) is 13.2 Å². The second-order valence-corrected chi connectivity index (χ2v) is 6.81. The zero-order valence-electron chi connectivity index (χ0n) is 16.3. The fraction of sp³-hybridized carbons (Fsp3) is 0.400. The molecule has 2 aromatic rings. The monoisotopic (exact) mass is 423 g/mol. The predicted molar refractivity (Wildman–Crippen MR) is 103 cm³/mol. The summed E-state index contributed by atoms with van der Waals surface area (Å²) in [7, 11) is 2.83. The molecule has 0 saturated carbocycles. The first-order valence-corrected chi connectivity index (χ1v) is 9.16. The number of hydrogen-bond donors (Lipinski definition) is 0. The summed E-state index contributed by atoms with van der Waals surface area (Å²) in [6.45, 7) is 0.738. The lowest BCUT2D eigenvalue weighted by Gasteiger charge is -2.28. The van der Waals surface area contributed by atoms with Gasteiger partial charge in [-0.05, 0) is 29.8 Å². The van der Waals surface area contributed by atoms with Crippen LogP contribution in [-0.2, 0) is 20.4 Å². The van der Waals surface area contributed by atoms with E-state index < -0.39 is 23.3 Å². The number of carbonyl (C=O) groups excluding carboxylic acids is 1. The Morgan fingerprint density at radius 2 is 1.97 bits per heavy atom. The van der Waals surface area contributed by atoms with E-state index in [1.165, 1.54) is 32.4 Å². The van der Waals surface area contributed by atoms with Crippen LogP contribution in [0.3, 0.4) is 0 Å². The molecule has 1 aromatic carbocycles. The first-order valence-electron chi connectivity index (χ1n) is 9.16. The quantitative estimate of drug-likeness (QED) is 0.512. The van der Waals surface area contributed by atoms with E-state index in [9.17, 15) is 22.9 Å². The number of ether oxygens (including phenoxy) is 2. The SMILES string of the molecule is COC[C@@H]1[C@H](C(=O)OC)CCN1c1cccc(-c2cccc(C(F)(F)F)c2N=O)n1. The molecule has 1 aromatic heterocycles. The summed E-state index contributed by atoms with van der Waals surface area (Å²) in [5.74, 6) is -0.322. The number of esters is 1. The molecule has 0 bridgehead atoms. The van der Waals surface area contributed by atoms with Gasteiger partial charge in [0.25, 0.3) is 0 Å². The number of nitrogens with zero attached hydrogens (tertiary/aromatic N) is 3. The van der Waals surface area contributed by atoms with Crippen molar-refractivity contribution >= 4 is 17.5 Å². The zero-order chi connectivity index (χ0) is 21.9. The van der Waals surface area contributed by atoms with Crippen LogP contribution in [0.5, 0.6) is 0 Å². The molecule has 0 unspecified atom stereocenters. The van der Waals surface area contributed by atoms with Crippen LogP contribution in [0, 0.1) is 10.8 Å². The number of anilines is 1. The second-order valence-electron chi connectivity index (χ2n) is 6.81. The highest BCUT2D eigenvalue weighted by molar-refractivity contribution is 5.78. The number of carbonyl (C=O) groups is 1. The maximum Gasteiger partial charge on any atom is 0.418 e. The lowest BCUT2D eigenvalue weighted by molar-refractivity contribution is -0.146. The van der Waals surface area contributed by atoms with Crippen molar-refractivity contribution in [2.24, 2.45) is 11.1 Å². The van der Waals surface area contributed by atoms with Gasteiger partial charge in [-0.15, -0.1) is 4.91 Å². The highest BCUT2D eigenvalue weighted by Crippen LogP contribution is 2.42. The molecule has 0 amide bonds. The van der Waals surface area contributed by atoms with Crippen LogP contribution in [0.25, 0.3) is 11.3 Å². The van der Waals surface area contributed by atoms with Crippen LogP contribution in [0.4, 0.5) is 24.7 Å². The Labute approximate surface area is 170 Å². The van der Waals surface area contributed by atoms with E-state index in [0.29, 0.717) is 18.8 Å². The minimum absolute atomic E-state index is 0.0197. The standard InChI is InChI=1S/C20H20F3N3O4/c1-29-11-16-13(19(27)30-2)9-10-26(16)17-8-4-7-15(24-17)12-5-3-6-14(18(12)25-28)20(21,22)23/h3-8,13,16H,9-11H2,1-2H3/t13-,16-/m1/s1. The number of aromatic nitrogens is 1. The molecule has 0 aliphatic carbocycles. The third kappa shape index (κ3) is 4.13. The van der Waals surface area contributed by atoms with Gasteiger partial charge in [0.15, 0.2) is 0 Å². The van der Waals surface area contributed by atoms with E-state index in [4.69, 9.17) is 9.47 Å². The molecule has 2 atom stereocenters. The molecule has 2 heterocycles. The van der Waals surface area contributed by atoms with Crippen molar-refractivity contribution in [1.29, 1.82) is 0 Å². The number of alkyl halides is 3. The number of hydrogen-bond acceptors (Lipinski definition) is 7. The summed E-state index contributed by atoms with van der Waals surface area (Å²) in [6, 6.07) is 7.86. The maximum atomic E-state index is 13.3. The molecule has 10 heteroatoms. The van der Waals surface area contributed by atoms with Gasteiger partial charge in [0, 0.05) is 19.2 Å². The molecule has 7 nitrogen and oxygen atoms in total. The predicted octanol–water partition coefficient (Wildman–Crippen LogP) is 4.18. The topological polar surface area (TPSA) is 81.1 Å². The van der Waals surface area contributed by atoms with Crippen molar-refractivity contribution in [3.63, 3.8) is 0 Å². The van der Waals surface area contributed by atoms with Gasteiger partial charge < -0.3 is 14.4 Å². The second kappa shape index (κ2) is 8.78. The van der Waals surface area contributed by atoms with Gasteiger partial charge >= 0.3 is 12.1 Å². The molecule has 1 fully saturated rings. The Bertz CT molecular complexity index is 936. The van der Waals surface area contributed by atoms with Crippen molar-refractivity contribution in [3.8, 4) is 11.3 Å². The third-order valence-electron chi connectivity index (χ3n) is 5.12. The summed E-state index contributed by atoms with van der Waals surface area (Å²) in [6.07, 6.45) is -4.19. The molecular formula is C20H20F3N3O4. The fourth-order valence-electron chi connectivity index (χ4n) is 3.75. The first-order chi connectivity index (χ1) is 14.3. The molecule has 30 heavy (non-hydrogen) atoms. The largest absolute Gasteiger partial charge is 0.469 e. The minimum atomic E-state index is -4.72. The Kier molecular flexibility index (Phi) is 6.35.